The first-order valence-electron chi connectivity index (χ1n) is 23.0. The van der Waals surface area contributed by atoms with Crippen LogP contribution in [0.3, 0.4) is 0 Å². The highest BCUT2D eigenvalue weighted by molar-refractivity contribution is 4.84. The molecule has 0 aromatic rings. The molecule has 48 heavy (non-hydrogen) atoms. The maximum Gasteiger partial charge on any atom is 0.0154 e. The second kappa shape index (κ2) is 43.1. The van der Waals surface area contributed by atoms with Gasteiger partial charge in [-0.05, 0) is 19.3 Å². The SMILES string of the molecule is CCCCCCCCCCCCCCCC(N)(CCCCCCCCCCCCCCC)CCCCCCCCCCCCCCC.O. The summed E-state index contributed by atoms with van der Waals surface area (Å²) < 4.78 is 0. The van der Waals surface area contributed by atoms with Gasteiger partial charge in [-0.2, -0.15) is 0 Å². The molecule has 0 aliphatic carbocycles. The van der Waals surface area contributed by atoms with Crippen LogP contribution < -0.4 is 5.73 Å². The Morgan fingerprint density at radius 1 is 0.229 bits per heavy atom. The Labute approximate surface area is 306 Å². The van der Waals surface area contributed by atoms with Gasteiger partial charge in [0.05, 0.1) is 0 Å². The molecule has 0 saturated carbocycles. The summed E-state index contributed by atoms with van der Waals surface area (Å²) in [6, 6.07) is 0. The van der Waals surface area contributed by atoms with Gasteiger partial charge in [0.1, 0.15) is 0 Å². The van der Waals surface area contributed by atoms with E-state index in [0.717, 1.165) is 0 Å². The van der Waals surface area contributed by atoms with E-state index in [2.05, 4.69) is 20.8 Å². The molecule has 0 rings (SSSR count). The number of nitrogens with two attached hydrogens (primary N) is 1. The Balaban J connectivity index is 0. The van der Waals surface area contributed by atoms with Gasteiger partial charge in [0, 0.05) is 5.54 Å². The van der Waals surface area contributed by atoms with Crippen LogP contribution in [0.25, 0.3) is 0 Å². The second-order valence-corrected chi connectivity index (χ2v) is 16.3. The minimum Gasteiger partial charge on any atom is -0.412 e. The molecular formula is C46H97NO. The van der Waals surface area contributed by atoms with E-state index in [1.54, 1.807) is 0 Å². The summed E-state index contributed by atoms with van der Waals surface area (Å²) in [4.78, 5) is 0. The van der Waals surface area contributed by atoms with Crippen LogP contribution in [0.1, 0.15) is 290 Å². The van der Waals surface area contributed by atoms with Gasteiger partial charge in [0.15, 0.2) is 0 Å². The van der Waals surface area contributed by atoms with Crippen molar-refractivity contribution in [2.45, 2.75) is 296 Å². The highest BCUT2D eigenvalue weighted by Gasteiger charge is 2.23. The highest BCUT2D eigenvalue weighted by Crippen LogP contribution is 2.27. The van der Waals surface area contributed by atoms with Crippen molar-refractivity contribution in [3.63, 3.8) is 0 Å². The largest absolute Gasteiger partial charge is 0.412 e. The molecule has 0 aromatic carbocycles. The summed E-state index contributed by atoms with van der Waals surface area (Å²) in [5.74, 6) is 0. The van der Waals surface area contributed by atoms with Gasteiger partial charge >= 0.3 is 0 Å². The molecule has 0 aliphatic rings. The first-order valence-corrected chi connectivity index (χ1v) is 23.0. The third-order valence-corrected chi connectivity index (χ3v) is 11.3. The molecular weight excluding hydrogens is 583 g/mol. The quantitative estimate of drug-likeness (QED) is 0.0641. The molecule has 0 aliphatic heterocycles. The molecule has 4 N–H and O–H groups in total. The molecule has 0 heterocycles. The lowest BCUT2D eigenvalue weighted by Crippen LogP contribution is -2.39. The predicted molar refractivity (Wildman–Crippen MR) is 221 cm³/mol. The average molecular weight is 680 g/mol. The minimum atomic E-state index is 0. The van der Waals surface area contributed by atoms with Gasteiger partial charge in [-0.1, -0.05) is 271 Å². The Bertz CT molecular complexity index is 474. The zero-order valence-electron chi connectivity index (χ0n) is 34.3. The molecule has 0 radical (unpaired) electrons. The monoisotopic (exact) mass is 680 g/mol. The summed E-state index contributed by atoms with van der Waals surface area (Å²) in [5, 5.41) is 0. The van der Waals surface area contributed by atoms with Crippen molar-refractivity contribution < 1.29 is 5.48 Å². The van der Waals surface area contributed by atoms with E-state index >= 15 is 0 Å². The lowest BCUT2D eigenvalue weighted by atomic mass is 9.82. The van der Waals surface area contributed by atoms with Crippen LogP contribution in [-0.4, -0.2) is 11.0 Å². The average Bonchev–Trinajstić information content (AvgIpc) is 3.07. The van der Waals surface area contributed by atoms with Crippen molar-refractivity contribution in [2.24, 2.45) is 5.73 Å². The summed E-state index contributed by atoms with van der Waals surface area (Å²) in [7, 11) is 0. The Hall–Kier alpha value is -0.0800. The fraction of sp³-hybridized carbons (Fsp3) is 1.00. The van der Waals surface area contributed by atoms with E-state index in [4.69, 9.17) is 5.73 Å². The van der Waals surface area contributed by atoms with Gasteiger partial charge in [0.25, 0.3) is 0 Å². The maximum absolute atomic E-state index is 7.22. The van der Waals surface area contributed by atoms with Crippen LogP contribution in [0.2, 0.25) is 0 Å². The van der Waals surface area contributed by atoms with Gasteiger partial charge < -0.3 is 11.2 Å². The van der Waals surface area contributed by atoms with Crippen molar-refractivity contribution in [3.05, 3.63) is 0 Å². The Kier molecular flexibility index (Phi) is 44.9. The second-order valence-electron chi connectivity index (χ2n) is 16.3. The van der Waals surface area contributed by atoms with Crippen molar-refractivity contribution >= 4 is 0 Å². The van der Waals surface area contributed by atoms with Crippen LogP contribution in [0.15, 0.2) is 0 Å². The summed E-state index contributed by atoms with van der Waals surface area (Å²) in [6.45, 7) is 6.94. The third kappa shape index (κ3) is 40.4. The molecule has 2 nitrogen and oxygen atoms in total. The molecule has 0 bridgehead atoms. The van der Waals surface area contributed by atoms with Crippen LogP contribution in [0.5, 0.6) is 0 Å². The smallest absolute Gasteiger partial charge is 0.0154 e. The number of unbranched alkanes of at least 4 members (excludes halogenated alkanes) is 36. The molecule has 0 aromatic heterocycles. The minimum absolute atomic E-state index is 0. The molecule has 292 valence electrons. The fourth-order valence-electron chi connectivity index (χ4n) is 7.86. The van der Waals surface area contributed by atoms with Crippen molar-refractivity contribution in [1.82, 2.24) is 0 Å². The van der Waals surface area contributed by atoms with E-state index in [-0.39, 0.29) is 11.0 Å². The fourth-order valence-corrected chi connectivity index (χ4v) is 7.86. The predicted octanol–water partition coefficient (Wildman–Crippen LogP) is 16.3. The molecule has 0 spiro atoms. The van der Waals surface area contributed by atoms with Gasteiger partial charge in [-0.25, -0.2) is 0 Å². The topological polar surface area (TPSA) is 57.5 Å². The van der Waals surface area contributed by atoms with Crippen LogP contribution in [-0.2, 0) is 0 Å². The Morgan fingerprint density at radius 3 is 0.500 bits per heavy atom. The van der Waals surface area contributed by atoms with E-state index in [1.807, 2.05) is 0 Å². The first kappa shape index (κ1) is 50.0. The zero-order valence-corrected chi connectivity index (χ0v) is 34.3. The van der Waals surface area contributed by atoms with Crippen LogP contribution >= 0.6 is 0 Å². The molecule has 0 amide bonds. The standard InChI is InChI=1S/C46H95N.H2O/c1-4-7-10-13-16-19-22-25-28-31-34-37-40-43-46(47,44-41-38-35-32-29-26-23-20-17-14-11-8-5-2)45-42-39-36-33-30-27-24-21-18-15-12-9-6-3;/h4-45,47H2,1-3H3;1H2. The van der Waals surface area contributed by atoms with E-state index < -0.39 is 0 Å². The number of hydrogen-bond donors (Lipinski definition) is 1. The molecule has 2 heteroatoms. The number of hydrogen-bond acceptors (Lipinski definition) is 1. The van der Waals surface area contributed by atoms with Gasteiger partial charge in [-0.15, -0.1) is 0 Å². The summed E-state index contributed by atoms with van der Waals surface area (Å²) in [6.07, 6.45) is 60.0. The molecule has 0 saturated heterocycles. The van der Waals surface area contributed by atoms with E-state index in [1.165, 1.54) is 270 Å². The van der Waals surface area contributed by atoms with Gasteiger partial charge in [0.2, 0.25) is 0 Å². The highest BCUT2D eigenvalue weighted by atomic mass is 16.0. The van der Waals surface area contributed by atoms with E-state index in [0.29, 0.717) is 0 Å². The third-order valence-electron chi connectivity index (χ3n) is 11.3. The first-order chi connectivity index (χ1) is 23.2. The molecule has 0 fully saturated rings. The normalized spacial score (nSPS) is 11.8. The van der Waals surface area contributed by atoms with Crippen LogP contribution in [0.4, 0.5) is 0 Å². The maximum atomic E-state index is 7.22. The van der Waals surface area contributed by atoms with E-state index in [9.17, 15) is 0 Å². The molecule has 0 atom stereocenters. The molecule has 0 unspecified atom stereocenters. The van der Waals surface area contributed by atoms with Gasteiger partial charge in [-0.3, -0.25) is 0 Å². The lowest BCUT2D eigenvalue weighted by molar-refractivity contribution is 0.302. The lowest BCUT2D eigenvalue weighted by Gasteiger charge is -2.30. The Morgan fingerprint density at radius 2 is 0.354 bits per heavy atom. The summed E-state index contributed by atoms with van der Waals surface area (Å²) >= 11 is 0. The van der Waals surface area contributed by atoms with Crippen molar-refractivity contribution in [1.29, 1.82) is 0 Å². The zero-order chi connectivity index (χ0) is 34.2. The van der Waals surface area contributed by atoms with Crippen LogP contribution in [0, 0.1) is 0 Å². The van der Waals surface area contributed by atoms with Crippen molar-refractivity contribution in [2.75, 3.05) is 0 Å². The summed E-state index contributed by atoms with van der Waals surface area (Å²) in [5.41, 5.74) is 7.33. The number of rotatable bonds is 42. The van der Waals surface area contributed by atoms with Crippen molar-refractivity contribution in [3.8, 4) is 0 Å².